The molecule has 0 saturated carbocycles. The van der Waals surface area contributed by atoms with Gasteiger partial charge < -0.3 is 16.4 Å². The Kier molecular flexibility index (Phi) is 3.75. The van der Waals surface area contributed by atoms with E-state index in [0.717, 1.165) is 19.2 Å². The van der Waals surface area contributed by atoms with Crippen molar-refractivity contribution in [3.63, 3.8) is 0 Å². The quantitative estimate of drug-likeness (QED) is 0.749. The Hall–Kier alpha value is -2.02. The largest absolute Gasteiger partial charge is 0.366 e. The summed E-state index contributed by atoms with van der Waals surface area (Å²) in [4.78, 5) is 22.6. The summed E-state index contributed by atoms with van der Waals surface area (Å²) in [6.07, 6.45) is 0.246. The molecule has 0 radical (unpaired) electrons. The van der Waals surface area contributed by atoms with Crippen molar-refractivity contribution in [3.8, 4) is 0 Å². The molecule has 1 fully saturated rings. The van der Waals surface area contributed by atoms with E-state index in [1.54, 1.807) is 0 Å². The third kappa shape index (κ3) is 3.05. The van der Waals surface area contributed by atoms with Gasteiger partial charge in [-0.3, -0.25) is 9.59 Å². The number of carbonyl (C=O) groups excluding carboxylic acids is 2. The van der Waals surface area contributed by atoms with Crippen LogP contribution in [0.3, 0.4) is 0 Å². The summed E-state index contributed by atoms with van der Waals surface area (Å²) in [5.41, 5.74) is 4.25. The summed E-state index contributed by atoms with van der Waals surface area (Å²) < 4.78 is 26.7. The lowest BCUT2D eigenvalue weighted by Crippen LogP contribution is -2.43. The first-order valence-corrected chi connectivity index (χ1v) is 5.76. The highest BCUT2D eigenvalue weighted by Crippen LogP contribution is 2.20. The van der Waals surface area contributed by atoms with Crippen molar-refractivity contribution >= 4 is 17.5 Å². The van der Waals surface area contributed by atoms with Crippen LogP contribution in [0, 0.1) is 17.6 Å². The van der Waals surface area contributed by atoms with E-state index < -0.39 is 23.1 Å². The van der Waals surface area contributed by atoms with Gasteiger partial charge >= 0.3 is 0 Å². The molecular formula is C12H13F2N3O2. The standard InChI is InChI=1S/C12H13F2N3O2/c13-8-3-9(14)10(2-7(8)12(15)19)17-11(18)1-6-4-16-5-6/h2-3,6,16H,1,4-5H2,(H2,15,19)(H,17,18). The molecule has 1 aromatic rings. The topological polar surface area (TPSA) is 84.2 Å². The van der Waals surface area contributed by atoms with Crippen LogP contribution in [0.25, 0.3) is 0 Å². The fraction of sp³-hybridized carbons (Fsp3) is 0.333. The molecule has 0 bridgehead atoms. The number of hydrogen-bond donors (Lipinski definition) is 3. The maximum absolute atomic E-state index is 13.5. The Morgan fingerprint density at radius 2 is 2.00 bits per heavy atom. The van der Waals surface area contributed by atoms with E-state index in [9.17, 15) is 18.4 Å². The predicted octanol–water partition coefficient (Wildman–Crippen LogP) is 0.612. The second kappa shape index (κ2) is 5.31. The third-order valence-corrected chi connectivity index (χ3v) is 2.94. The molecule has 7 heteroatoms. The number of amides is 2. The van der Waals surface area contributed by atoms with Crippen LogP contribution in [0.2, 0.25) is 0 Å². The van der Waals surface area contributed by atoms with Gasteiger partial charge in [-0.25, -0.2) is 8.78 Å². The maximum Gasteiger partial charge on any atom is 0.251 e. The van der Waals surface area contributed by atoms with Crippen molar-refractivity contribution in [2.75, 3.05) is 18.4 Å². The van der Waals surface area contributed by atoms with Gasteiger partial charge in [0.05, 0.1) is 11.3 Å². The van der Waals surface area contributed by atoms with Crippen molar-refractivity contribution in [2.45, 2.75) is 6.42 Å². The summed E-state index contributed by atoms with van der Waals surface area (Å²) >= 11 is 0. The number of anilines is 1. The van der Waals surface area contributed by atoms with Gasteiger partial charge in [0.25, 0.3) is 5.91 Å². The fourth-order valence-electron chi connectivity index (χ4n) is 1.79. The van der Waals surface area contributed by atoms with Crippen LogP contribution in [0.1, 0.15) is 16.8 Å². The van der Waals surface area contributed by atoms with Gasteiger partial charge in [-0.15, -0.1) is 0 Å². The summed E-state index contributed by atoms with van der Waals surface area (Å²) in [6.45, 7) is 1.48. The lowest BCUT2D eigenvalue weighted by atomic mass is 9.99. The van der Waals surface area contributed by atoms with E-state index >= 15 is 0 Å². The van der Waals surface area contributed by atoms with Crippen LogP contribution >= 0.6 is 0 Å². The number of hydrogen-bond acceptors (Lipinski definition) is 3. The maximum atomic E-state index is 13.5. The summed E-state index contributed by atoms with van der Waals surface area (Å²) in [5, 5.41) is 5.32. The number of benzene rings is 1. The zero-order chi connectivity index (χ0) is 14.0. The Morgan fingerprint density at radius 1 is 1.32 bits per heavy atom. The summed E-state index contributed by atoms with van der Waals surface area (Å²) in [5.74, 6) is -3.17. The number of nitrogens with one attached hydrogen (secondary N) is 2. The van der Waals surface area contributed by atoms with Crippen LogP contribution in [-0.4, -0.2) is 24.9 Å². The van der Waals surface area contributed by atoms with Crippen molar-refractivity contribution in [3.05, 3.63) is 29.3 Å². The van der Waals surface area contributed by atoms with Crippen LogP contribution in [0.15, 0.2) is 12.1 Å². The summed E-state index contributed by atoms with van der Waals surface area (Å²) in [7, 11) is 0. The first kappa shape index (κ1) is 13.4. The van der Waals surface area contributed by atoms with Crippen LogP contribution in [0.4, 0.5) is 14.5 Å². The molecule has 19 heavy (non-hydrogen) atoms. The fourth-order valence-corrected chi connectivity index (χ4v) is 1.79. The second-order valence-corrected chi connectivity index (χ2v) is 4.45. The molecule has 0 unspecified atom stereocenters. The number of carbonyl (C=O) groups is 2. The van der Waals surface area contributed by atoms with E-state index in [2.05, 4.69) is 10.6 Å². The molecule has 4 N–H and O–H groups in total. The molecule has 2 rings (SSSR count). The SMILES string of the molecule is NC(=O)c1cc(NC(=O)CC2CNC2)c(F)cc1F. The Balaban J connectivity index is 2.12. The number of rotatable bonds is 4. The van der Waals surface area contributed by atoms with Crippen LogP contribution in [-0.2, 0) is 4.79 Å². The normalized spacial score (nSPS) is 14.8. The molecule has 0 aliphatic carbocycles. The molecule has 2 amide bonds. The van der Waals surface area contributed by atoms with E-state index in [4.69, 9.17) is 5.73 Å². The number of nitrogens with two attached hydrogens (primary N) is 1. The van der Waals surface area contributed by atoms with Gasteiger partial charge in [-0.1, -0.05) is 0 Å². The highest BCUT2D eigenvalue weighted by Gasteiger charge is 2.21. The molecule has 1 heterocycles. The van der Waals surface area contributed by atoms with Gasteiger partial charge in [0, 0.05) is 12.5 Å². The van der Waals surface area contributed by atoms with Gasteiger partial charge in [0.1, 0.15) is 11.6 Å². The summed E-state index contributed by atoms with van der Waals surface area (Å²) in [6, 6.07) is 1.44. The molecule has 1 aliphatic heterocycles. The lowest BCUT2D eigenvalue weighted by molar-refractivity contribution is -0.117. The Bertz CT molecular complexity index is 530. The molecule has 0 atom stereocenters. The van der Waals surface area contributed by atoms with E-state index in [0.29, 0.717) is 6.07 Å². The van der Waals surface area contributed by atoms with E-state index in [-0.39, 0.29) is 23.9 Å². The lowest BCUT2D eigenvalue weighted by Gasteiger charge is -2.26. The minimum Gasteiger partial charge on any atom is -0.366 e. The minimum absolute atomic E-state index is 0.221. The monoisotopic (exact) mass is 269 g/mol. The minimum atomic E-state index is -1.05. The molecule has 0 aromatic heterocycles. The van der Waals surface area contributed by atoms with Crippen molar-refractivity contribution < 1.29 is 18.4 Å². The Morgan fingerprint density at radius 3 is 2.53 bits per heavy atom. The van der Waals surface area contributed by atoms with Gasteiger partial charge in [-0.05, 0) is 25.1 Å². The molecule has 1 aliphatic rings. The van der Waals surface area contributed by atoms with E-state index in [1.165, 1.54) is 0 Å². The van der Waals surface area contributed by atoms with Gasteiger partial charge in [0.15, 0.2) is 0 Å². The zero-order valence-corrected chi connectivity index (χ0v) is 10.0. The molecule has 0 spiro atoms. The second-order valence-electron chi connectivity index (χ2n) is 4.45. The number of halogens is 2. The molecule has 1 aromatic carbocycles. The van der Waals surface area contributed by atoms with Gasteiger partial charge in [0.2, 0.25) is 5.91 Å². The van der Waals surface area contributed by atoms with Crippen molar-refractivity contribution in [1.29, 1.82) is 0 Å². The highest BCUT2D eigenvalue weighted by atomic mass is 19.1. The first-order chi connectivity index (χ1) is 8.97. The smallest absolute Gasteiger partial charge is 0.251 e. The van der Waals surface area contributed by atoms with Crippen molar-refractivity contribution in [1.82, 2.24) is 5.32 Å². The molecule has 1 saturated heterocycles. The average Bonchev–Trinajstić information content (AvgIpc) is 2.27. The van der Waals surface area contributed by atoms with Crippen LogP contribution in [0.5, 0.6) is 0 Å². The molecular weight excluding hydrogens is 256 g/mol. The van der Waals surface area contributed by atoms with E-state index in [1.807, 2.05) is 0 Å². The molecule has 5 nitrogen and oxygen atoms in total. The number of primary amides is 1. The van der Waals surface area contributed by atoms with Crippen LogP contribution < -0.4 is 16.4 Å². The predicted molar refractivity (Wildman–Crippen MR) is 64.5 cm³/mol. The first-order valence-electron chi connectivity index (χ1n) is 5.76. The highest BCUT2D eigenvalue weighted by molar-refractivity contribution is 5.96. The zero-order valence-electron chi connectivity index (χ0n) is 10.0. The Labute approximate surface area is 108 Å². The molecule has 102 valence electrons. The average molecular weight is 269 g/mol. The van der Waals surface area contributed by atoms with Gasteiger partial charge in [-0.2, -0.15) is 0 Å². The van der Waals surface area contributed by atoms with Crippen molar-refractivity contribution in [2.24, 2.45) is 11.7 Å². The third-order valence-electron chi connectivity index (χ3n) is 2.94.